The first-order valence-electron chi connectivity index (χ1n) is 7.31. The highest BCUT2D eigenvalue weighted by Crippen LogP contribution is 2.31. The van der Waals surface area contributed by atoms with E-state index < -0.39 is 13.9 Å². The van der Waals surface area contributed by atoms with Crippen molar-refractivity contribution in [2.75, 3.05) is 7.11 Å². The summed E-state index contributed by atoms with van der Waals surface area (Å²) in [5.74, 6) is -0.322. The minimum atomic E-state index is -2.24. The van der Waals surface area contributed by atoms with Gasteiger partial charge < -0.3 is 9.16 Å². The first-order chi connectivity index (χ1) is 9.84. The van der Waals surface area contributed by atoms with Crippen LogP contribution >= 0.6 is 0 Å². The molecule has 0 aromatic heterocycles. The molecule has 0 aliphatic heterocycles. The SMILES string of the molecule is C/C=C(\C)[C@](CC)(O[Si](C)(C)c1ccccc1)C(=O)OC. The molecule has 21 heavy (non-hydrogen) atoms. The van der Waals surface area contributed by atoms with Crippen molar-refractivity contribution in [1.82, 2.24) is 0 Å². The number of hydrogen-bond donors (Lipinski definition) is 0. The number of benzene rings is 1. The number of carbonyl (C=O) groups excluding carboxylic acids is 1. The topological polar surface area (TPSA) is 35.5 Å². The van der Waals surface area contributed by atoms with Crippen LogP contribution in [0, 0.1) is 0 Å². The molecule has 0 unspecified atom stereocenters. The Balaban J connectivity index is 3.26. The molecular formula is C17H26O3Si. The molecule has 0 spiro atoms. The number of methoxy groups -OCH3 is 1. The van der Waals surface area contributed by atoms with E-state index in [1.54, 1.807) is 0 Å². The molecule has 3 nitrogen and oxygen atoms in total. The second-order valence-electron chi connectivity index (χ2n) is 5.62. The molecule has 0 heterocycles. The van der Waals surface area contributed by atoms with Crippen LogP contribution < -0.4 is 5.19 Å². The van der Waals surface area contributed by atoms with Gasteiger partial charge in [0.2, 0.25) is 8.32 Å². The van der Waals surface area contributed by atoms with E-state index in [4.69, 9.17) is 9.16 Å². The van der Waals surface area contributed by atoms with Gasteiger partial charge in [0.1, 0.15) is 0 Å². The Kier molecular flexibility index (Phi) is 5.93. The second-order valence-corrected chi connectivity index (χ2v) is 9.42. The number of esters is 1. The highest BCUT2D eigenvalue weighted by molar-refractivity contribution is 6.84. The molecule has 0 aliphatic rings. The predicted octanol–water partition coefficient (Wildman–Crippen LogP) is 3.40. The maximum absolute atomic E-state index is 12.4. The minimum absolute atomic E-state index is 0.322. The minimum Gasteiger partial charge on any atom is -0.467 e. The molecule has 0 saturated heterocycles. The summed E-state index contributed by atoms with van der Waals surface area (Å²) < 4.78 is 11.5. The number of rotatable bonds is 6. The van der Waals surface area contributed by atoms with Crippen LogP contribution in [0.15, 0.2) is 42.0 Å². The summed E-state index contributed by atoms with van der Waals surface area (Å²) in [6.07, 6.45) is 2.48. The number of ether oxygens (including phenoxy) is 1. The van der Waals surface area contributed by atoms with Gasteiger partial charge in [0, 0.05) is 0 Å². The van der Waals surface area contributed by atoms with Gasteiger partial charge in [-0.3, -0.25) is 0 Å². The van der Waals surface area contributed by atoms with Crippen LogP contribution in [0.25, 0.3) is 0 Å². The highest BCUT2D eigenvalue weighted by Gasteiger charge is 2.46. The van der Waals surface area contributed by atoms with Crippen LogP contribution in [-0.4, -0.2) is 27.0 Å². The van der Waals surface area contributed by atoms with Crippen molar-refractivity contribution in [3.63, 3.8) is 0 Å². The fourth-order valence-corrected chi connectivity index (χ4v) is 4.88. The zero-order chi connectivity index (χ0) is 16.1. The van der Waals surface area contributed by atoms with Gasteiger partial charge in [-0.1, -0.05) is 43.3 Å². The van der Waals surface area contributed by atoms with Crippen molar-refractivity contribution >= 4 is 19.5 Å². The van der Waals surface area contributed by atoms with Gasteiger partial charge in [0.15, 0.2) is 5.60 Å². The average Bonchev–Trinajstić information content (AvgIpc) is 2.51. The molecule has 1 aromatic rings. The normalized spacial score (nSPS) is 15.4. The summed E-state index contributed by atoms with van der Waals surface area (Å²) in [6.45, 7) is 10.0. The third kappa shape index (κ3) is 3.63. The average molecular weight is 306 g/mol. The Labute approximate surface area is 129 Å². The van der Waals surface area contributed by atoms with Gasteiger partial charge in [-0.25, -0.2) is 4.79 Å². The Morgan fingerprint density at radius 3 is 2.29 bits per heavy atom. The lowest BCUT2D eigenvalue weighted by Gasteiger charge is -2.38. The molecule has 0 aliphatic carbocycles. The van der Waals surface area contributed by atoms with Crippen LogP contribution in [0.4, 0.5) is 0 Å². The van der Waals surface area contributed by atoms with Gasteiger partial charge >= 0.3 is 5.97 Å². The maximum Gasteiger partial charge on any atom is 0.341 e. The zero-order valence-electron chi connectivity index (χ0n) is 13.9. The van der Waals surface area contributed by atoms with Crippen LogP contribution in [0.2, 0.25) is 13.1 Å². The Morgan fingerprint density at radius 1 is 1.29 bits per heavy atom. The molecule has 116 valence electrons. The van der Waals surface area contributed by atoms with E-state index >= 15 is 0 Å². The Hall–Kier alpha value is -1.39. The van der Waals surface area contributed by atoms with E-state index in [-0.39, 0.29) is 5.97 Å². The molecule has 1 atom stereocenters. The van der Waals surface area contributed by atoms with Gasteiger partial charge in [0.25, 0.3) is 0 Å². The van der Waals surface area contributed by atoms with Gasteiger partial charge in [-0.05, 0) is 44.1 Å². The lowest BCUT2D eigenvalue weighted by Crippen LogP contribution is -2.56. The van der Waals surface area contributed by atoms with E-state index in [0.717, 1.165) is 10.8 Å². The molecular weight excluding hydrogens is 280 g/mol. The summed E-state index contributed by atoms with van der Waals surface area (Å²) in [7, 11) is -0.823. The molecule has 0 bridgehead atoms. The van der Waals surface area contributed by atoms with E-state index in [2.05, 4.69) is 25.2 Å². The molecule has 0 radical (unpaired) electrons. The van der Waals surface area contributed by atoms with Crippen LogP contribution in [0.5, 0.6) is 0 Å². The molecule has 0 amide bonds. The van der Waals surface area contributed by atoms with Crippen molar-refractivity contribution in [2.24, 2.45) is 0 Å². The zero-order valence-corrected chi connectivity index (χ0v) is 14.9. The Morgan fingerprint density at radius 2 is 1.86 bits per heavy atom. The lowest BCUT2D eigenvalue weighted by atomic mass is 9.92. The summed E-state index contributed by atoms with van der Waals surface area (Å²) in [5.41, 5.74) is -0.0944. The smallest absolute Gasteiger partial charge is 0.341 e. The van der Waals surface area contributed by atoms with Crippen LogP contribution in [0.1, 0.15) is 27.2 Å². The third-order valence-corrected chi connectivity index (χ3v) is 6.56. The fourth-order valence-electron chi connectivity index (χ4n) is 2.51. The molecule has 0 N–H and O–H groups in total. The molecule has 4 heteroatoms. The summed E-state index contributed by atoms with van der Waals surface area (Å²) in [6, 6.07) is 10.1. The van der Waals surface area contributed by atoms with E-state index in [1.165, 1.54) is 7.11 Å². The largest absolute Gasteiger partial charge is 0.467 e. The monoisotopic (exact) mass is 306 g/mol. The quantitative estimate of drug-likeness (QED) is 0.459. The van der Waals surface area contributed by atoms with Crippen molar-refractivity contribution < 1.29 is 14.0 Å². The maximum atomic E-state index is 12.4. The number of carbonyl (C=O) groups is 1. The van der Waals surface area contributed by atoms with Crippen molar-refractivity contribution in [3.05, 3.63) is 42.0 Å². The molecule has 0 saturated carbocycles. The van der Waals surface area contributed by atoms with E-state index in [1.807, 2.05) is 45.0 Å². The first-order valence-corrected chi connectivity index (χ1v) is 10.2. The first kappa shape index (κ1) is 17.7. The van der Waals surface area contributed by atoms with E-state index in [0.29, 0.717) is 6.42 Å². The van der Waals surface area contributed by atoms with Gasteiger partial charge in [-0.2, -0.15) is 0 Å². The molecule has 1 rings (SSSR count). The Bertz CT molecular complexity index is 508. The highest BCUT2D eigenvalue weighted by atomic mass is 28.4. The summed E-state index contributed by atoms with van der Waals surface area (Å²) in [4.78, 5) is 12.4. The third-order valence-electron chi connectivity index (χ3n) is 3.98. The molecule has 1 aromatic carbocycles. The molecule has 0 fully saturated rings. The van der Waals surface area contributed by atoms with Crippen molar-refractivity contribution in [3.8, 4) is 0 Å². The number of allylic oxidation sites excluding steroid dienone is 1. The van der Waals surface area contributed by atoms with E-state index in [9.17, 15) is 4.79 Å². The second kappa shape index (κ2) is 7.05. The van der Waals surface area contributed by atoms with Crippen molar-refractivity contribution in [1.29, 1.82) is 0 Å². The van der Waals surface area contributed by atoms with Crippen LogP contribution in [0.3, 0.4) is 0 Å². The summed E-state index contributed by atoms with van der Waals surface area (Å²) in [5, 5.41) is 1.16. The predicted molar refractivity (Wildman–Crippen MR) is 89.1 cm³/mol. The standard InChI is InChI=1S/C17H26O3Si/c1-7-14(3)17(8-2,16(18)19-4)20-21(5,6)15-12-10-9-11-13-15/h7,9-13H,8H2,1-6H3/b14-7+/t17-/m0/s1. The van der Waals surface area contributed by atoms with Crippen LogP contribution in [-0.2, 0) is 14.0 Å². The van der Waals surface area contributed by atoms with Crippen molar-refractivity contribution in [2.45, 2.75) is 45.9 Å². The van der Waals surface area contributed by atoms with Gasteiger partial charge in [-0.15, -0.1) is 0 Å². The number of hydrogen-bond acceptors (Lipinski definition) is 3. The van der Waals surface area contributed by atoms with Gasteiger partial charge in [0.05, 0.1) is 7.11 Å². The fraction of sp³-hybridized carbons (Fsp3) is 0.471. The summed E-state index contributed by atoms with van der Waals surface area (Å²) >= 11 is 0. The lowest BCUT2D eigenvalue weighted by molar-refractivity contribution is -0.156.